The van der Waals surface area contributed by atoms with E-state index in [1.165, 1.54) is 12.1 Å². The molecule has 2 aromatic rings. The van der Waals surface area contributed by atoms with Crippen molar-refractivity contribution in [3.8, 4) is 5.75 Å². The molecular formula is C17H18F3N3O3S. The summed E-state index contributed by atoms with van der Waals surface area (Å²) in [6.07, 6.45) is -1.02. The molecule has 10 heteroatoms. The minimum absolute atomic E-state index is 0.176. The van der Waals surface area contributed by atoms with Gasteiger partial charge in [0.15, 0.2) is 6.61 Å². The fourth-order valence-corrected chi connectivity index (χ4v) is 4.15. The average Bonchev–Trinajstić information content (AvgIpc) is 3.05. The van der Waals surface area contributed by atoms with Gasteiger partial charge in [-0.3, -0.25) is 13.7 Å². The second kappa shape index (κ2) is 7.71. The first-order chi connectivity index (χ1) is 12.7. The Hall–Kier alpha value is -2.36. The number of benzene rings is 1. The van der Waals surface area contributed by atoms with E-state index in [1.807, 2.05) is 0 Å². The number of halogens is 3. The summed E-state index contributed by atoms with van der Waals surface area (Å²) in [6, 6.07) is 3.81. The highest BCUT2D eigenvalue weighted by atomic mass is 32.2. The molecule has 27 heavy (non-hydrogen) atoms. The summed E-state index contributed by atoms with van der Waals surface area (Å²) < 4.78 is 56.6. The van der Waals surface area contributed by atoms with Gasteiger partial charge in [-0.2, -0.15) is 18.3 Å². The lowest BCUT2D eigenvalue weighted by atomic mass is 10.1. The number of hydrogen-bond donors (Lipinski definition) is 0. The van der Waals surface area contributed by atoms with Gasteiger partial charge in [-0.15, -0.1) is 0 Å². The third kappa shape index (κ3) is 4.68. The van der Waals surface area contributed by atoms with E-state index in [9.17, 15) is 22.2 Å². The molecule has 2 atom stereocenters. The van der Waals surface area contributed by atoms with Crippen molar-refractivity contribution in [2.24, 2.45) is 7.05 Å². The molecule has 0 aliphatic carbocycles. The van der Waals surface area contributed by atoms with Gasteiger partial charge in [0.05, 0.1) is 17.8 Å². The van der Waals surface area contributed by atoms with E-state index in [-0.39, 0.29) is 24.3 Å². The summed E-state index contributed by atoms with van der Waals surface area (Å²) in [4.78, 5) is 14.2. The van der Waals surface area contributed by atoms with Gasteiger partial charge in [0.25, 0.3) is 5.91 Å². The number of nitrogens with zero attached hydrogens (tertiary/aromatic N) is 3. The molecule has 2 heterocycles. The van der Waals surface area contributed by atoms with Crippen molar-refractivity contribution >= 4 is 16.7 Å². The highest BCUT2D eigenvalue weighted by molar-refractivity contribution is 7.85. The standard InChI is InChI=1S/C17H18F3N3O3S/c1-22-9-12(8-21-22)15-11-27(25)7-6-23(15)16(24)10-26-14-4-2-13(3-5-14)17(18,19)20/h2-5,8-9,15H,6-7,10-11H2,1H3. The van der Waals surface area contributed by atoms with Crippen LogP contribution in [0.3, 0.4) is 0 Å². The third-order valence-electron chi connectivity index (χ3n) is 4.25. The van der Waals surface area contributed by atoms with Gasteiger partial charge < -0.3 is 9.64 Å². The second-order valence-corrected chi connectivity index (χ2v) is 7.79. The summed E-state index contributed by atoms with van der Waals surface area (Å²) in [5.74, 6) is 0.552. The van der Waals surface area contributed by atoms with Crippen LogP contribution in [-0.4, -0.2) is 49.5 Å². The van der Waals surface area contributed by atoms with Crippen molar-refractivity contribution in [1.82, 2.24) is 14.7 Å². The van der Waals surface area contributed by atoms with Gasteiger partial charge in [0.1, 0.15) is 5.75 Å². The molecule has 3 rings (SSSR count). The number of aryl methyl sites for hydroxylation is 1. The van der Waals surface area contributed by atoms with Crippen molar-refractivity contribution in [2.45, 2.75) is 12.2 Å². The fraction of sp³-hybridized carbons (Fsp3) is 0.412. The molecule has 0 radical (unpaired) electrons. The molecular weight excluding hydrogens is 383 g/mol. The van der Waals surface area contributed by atoms with Crippen molar-refractivity contribution in [3.05, 3.63) is 47.8 Å². The van der Waals surface area contributed by atoms with Crippen LogP contribution in [0.25, 0.3) is 0 Å². The topological polar surface area (TPSA) is 64.4 Å². The summed E-state index contributed by atoms with van der Waals surface area (Å²) in [5.41, 5.74) is 0.00441. The normalized spacial score (nSPS) is 20.5. The van der Waals surface area contributed by atoms with E-state index >= 15 is 0 Å². The summed E-state index contributed by atoms with van der Waals surface area (Å²) in [5, 5.41) is 4.09. The van der Waals surface area contributed by atoms with Crippen LogP contribution in [0.2, 0.25) is 0 Å². The van der Waals surface area contributed by atoms with Crippen LogP contribution in [0.5, 0.6) is 5.75 Å². The Balaban J connectivity index is 1.66. The summed E-state index contributed by atoms with van der Waals surface area (Å²) in [6.45, 7) is 0.0101. The van der Waals surface area contributed by atoms with E-state index in [2.05, 4.69) is 5.10 Å². The first-order valence-corrected chi connectivity index (χ1v) is 9.66. The minimum Gasteiger partial charge on any atom is -0.484 e. The lowest BCUT2D eigenvalue weighted by molar-refractivity contribution is -0.138. The molecule has 1 aliphatic heterocycles. The number of amides is 1. The maximum atomic E-state index is 12.6. The van der Waals surface area contributed by atoms with Crippen LogP contribution in [0.1, 0.15) is 17.2 Å². The number of carbonyl (C=O) groups is 1. The van der Waals surface area contributed by atoms with E-state index in [4.69, 9.17) is 4.74 Å². The molecule has 0 spiro atoms. The summed E-state index contributed by atoms with van der Waals surface area (Å²) in [7, 11) is 0.725. The van der Waals surface area contributed by atoms with Crippen molar-refractivity contribution in [3.63, 3.8) is 0 Å². The molecule has 0 bridgehead atoms. The van der Waals surface area contributed by atoms with Gasteiger partial charge in [0, 0.05) is 47.7 Å². The lowest BCUT2D eigenvalue weighted by Crippen LogP contribution is -2.46. The molecule has 1 amide bonds. The quantitative estimate of drug-likeness (QED) is 0.788. The van der Waals surface area contributed by atoms with Crippen molar-refractivity contribution < 1.29 is 26.9 Å². The molecule has 1 saturated heterocycles. The second-order valence-electron chi connectivity index (χ2n) is 6.17. The number of aromatic nitrogens is 2. The minimum atomic E-state index is -4.42. The van der Waals surface area contributed by atoms with Crippen LogP contribution in [-0.2, 0) is 28.8 Å². The lowest BCUT2D eigenvalue weighted by Gasteiger charge is -2.34. The molecule has 146 valence electrons. The smallest absolute Gasteiger partial charge is 0.416 e. The van der Waals surface area contributed by atoms with Crippen molar-refractivity contribution in [1.29, 1.82) is 0 Å². The summed E-state index contributed by atoms with van der Waals surface area (Å²) >= 11 is 0. The highest BCUT2D eigenvalue weighted by Crippen LogP contribution is 2.30. The Morgan fingerprint density at radius 1 is 1.33 bits per heavy atom. The van der Waals surface area contributed by atoms with Gasteiger partial charge in [-0.05, 0) is 24.3 Å². The molecule has 1 aliphatic rings. The maximum Gasteiger partial charge on any atom is 0.416 e. The Kier molecular flexibility index (Phi) is 5.54. The number of ether oxygens (including phenoxy) is 1. The number of carbonyl (C=O) groups excluding carboxylic acids is 1. The molecule has 0 saturated carbocycles. The average molecular weight is 401 g/mol. The largest absolute Gasteiger partial charge is 0.484 e. The fourth-order valence-electron chi connectivity index (χ4n) is 2.86. The number of rotatable bonds is 4. The van der Waals surface area contributed by atoms with Crippen LogP contribution >= 0.6 is 0 Å². The first kappa shape index (κ1) is 19.4. The Bertz CT molecular complexity index is 836. The predicted octanol–water partition coefficient (Wildman–Crippen LogP) is 2.15. The maximum absolute atomic E-state index is 12.6. The monoisotopic (exact) mass is 401 g/mol. The molecule has 1 aromatic heterocycles. The number of hydrogen-bond acceptors (Lipinski definition) is 4. The molecule has 0 N–H and O–H groups in total. The van der Waals surface area contributed by atoms with E-state index < -0.39 is 22.5 Å². The zero-order chi connectivity index (χ0) is 19.6. The van der Waals surface area contributed by atoms with E-state index in [0.717, 1.165) is 17.7 Å². The van der Waals surface area contributed by atoms with Crippen LogP contribution in [0, 0.1) is 0 Å². The highest BCUT2D eigenvalue weighted by Gasteiger charge is 2.32. The van der Waals surface area contributed by atoms with Gasteiger partial charge in [-0.1, -0.05) is 0 Å². The van der Waals surface area contributed by atoms with Gasteiger partial charge >= 0.3 is 6.18 Å². The van der Waals surface area contributed by atoms with Gasteiger partial charge in [-0.25, -0.2) is 0 Å². The van der Waals surface area contributed by atoms with Gasteiger partial charge in [0.2, 0.25) is 0 Å². The molecule has 1 aromatic carbocycles. The SMILES string of the molecule is Cn1cc(C2CS(=O)CCN2C(=O)COc2ccc(C(F)(F)F)cc2)cn1. The molecule has 6 nitrogen and oxygen atoms in total. The third-order valence-corrected chi connectivity index (χ3v) is 5.58. The Morgan fingerprint density at radius 2 is 2.04 bits per heavy atom. The van der Waals surface area contributed by atoms with Crippen LogP contribution in [0.15, 0.2) is 36.7 Å². The first-order valence-electron chi connectivity index (χ1n) is 8.17. The molecule has 2 unspecified atom stereocenters. The zero-order valence-electron chi connectivity index (χ0n) is 14.5. The molecule has 1 fully saturated rings. The predicted molar refractivity (Wildman–Crippen MR) is 92.5 cm³/mol. The number of alkyl halides is 3. The van der Waals surface area contributed by atoms with Crippen molar-refractivity contribution in [2.75, 3.05) is 24.7 Å². The zero-order valence-corrected chi connectivity index (χ0v) is 15.3. The Labute approximate surface area is 156 Å². The van der Waals surface area contributed by atoms with E-state index in [0.29, 0.717) is 18.1 Å². The van der Waals surface area contributed by atoms with Crippen LogP contribution < -0.4 is 4.74 Å². The van der Waals surface area contributed by atoms with Crippen LogP contribution in [0.4, 0.5) is 13.2 Å². The Morgan fingerprint density at radius 3 is 2.63 bits per heavy atom. The van der Waals surface area contributed by atoms with E-state index in [1.54, 1.807) is 29.0 Å².